The van der Waals surface area contributed by atoms with E-state index in [2.05, 4.69) is 56.7 Å². The first-order valence-electron chi connectivity index (χ1n) is 8.38. The molecular weight excluding hydrogens is 272 g/mol. The van der Waals surface area contributed by atoms with Crippen molar-refractivity contribution in [1.82, 2.24) is 19.3 Å². The predicted octanol–water partition coefficient (Wildman–Crippen LogP) is 3.82. The van der Waals surface area contributed by atoms with Crippen LogP contribution in [0.15, 0.2) is 18.7 Å². The summed E-state index contributed by atoms with van der Waals surface area (Å²) < 4.78 is 4.13. The maximum Gasteiger partial charge on any atom is 0.0946 e. The van der Waals surface area contributed by atoms with Crippen LogP contribution < -0.4 is 0 Å². The summed E-state index contributed by atoms with van der Waals surface area (Å²) >= 11 is 0. The Hall–Kier alpha value is -1.58. The van der Waals surface area contributed by atoms with Crippen LogP contribution in [-0.2, 0) is 26.3 Å². The van der Waals surface area contributed by atoms with Crippen molar-refractivity contribution in [1.29, 1.82) is 0 Å². The van der Waals surface area contributed by atoms with Gasteiger partial charge in [-0.15, -0.1) is 0 Å². The molecule has 22 heavy (non-hydrogen) atoms. The van der Waals surface area contributed by atoms with Gasteiger partial charge in [0, 0.05) is 25.5 Å². The Bertz CT molecular complexity index is 592. The summed E-state index contributed by atoms with van der Waals surface area (Å²) in [7, 11) is 2.02. The zero-order chi connectivity index (χ0) is 16.3. The lowest BCUT2D eigenvalue weighted by Gasteiger charge is -2.10. The normalized spacial score (nSPS) is 13.3. The smallest absolute Gasteiger partial charge is 0.0946 e. The molecule has 2 aromatic rings. The van der Waals surface area contributed by atoms with Crippen LogP contribution in [0.5, 0.6) is 0 Å². The van der Waals surface area contributed by atoms with E-state index in [1.807, 2.05) is 17.9 Å². The number of aryl methyl sites for hydroxylation is 1. The molecule has 0 saturated carbocycles. The van der Waals surface area contributed by atoms with Gasteiger partial charge in [0.2, 0.25) is 0 Å². The molecular formula is C18H30N4. The molecule has 0 aliphatic rings. The Morgan fingerprint density at radius 1 is 1.00 bits per heavy atom. The molecule has 0 aliphatic carbocycles. The first-order valence-corrected chi connectivity index (χ1v) is 8.38. The molecule has 4 heteroatoms. The second kappa shape index (κ2) is 7.12. The lowest BCUT2D eigenvalue weighted by Crippen LogP contribution is -2.07. The molecule has 0 saturated heterocycles. The van der Waals surface area contributed by atoms with Crippen LogP contribution in [-0.4, -0.2) is 19.3 Å². The van der Waals surface area contributed by atoms with E-state index >= 15 is 0 Å². The fourth-order valence-corrected chi connectivity index (χ4v) is 2.84. The van der Waals surface area contributed by atoms with Crippen LogP contribution in [0.2, 0.25) is 0 Å². The topological polar surface area (TPSA) is 35.6 Å². The first-order chi connectivity index (χ1) is 10.3. The van der Waals surface area contributed by atoms with Gasteiger partial charge in [-0.25, -0.2) is 4.98 Å². The molecule has 1 atom stereocenters. The van der Waals surface area contributed by atoms with E-state index in [4.69, 9.17) is 5.10 Å². The maximum atomic E-state index is 4.81. The van der Waals surface area contributed by atoms with Crippen LogP contribution in [0.3, 0.4) is 0 Å². The highest BCUT2D eigenvalue weighted by Gasteiger charge is 2.15. The van der Waals surface area contributed by atoms with Gasteiger partial charge in [-0.3, -0.25) is 4.68 Å². The molecule has 0 amide bonds. The molecule has 2 aromatic heterocycles. The number of rotatable bonds is 7. The Balaban J connectivity index is 2.09. The quantitative estimate of drug-likeness (QED) is 0.779. The van der Waals surface area contributed by atoms with E-state index in [9.17, 15) is 0 Å². The standard InChI is InChI=1S/C18H30N4/c1-13(2)7-18-16(10-22(20-18)14(3)4)8-15(5)9-17-11-21(6)12-19-17/h10-15H,7-9H2,1-6H3. The summed E-state index contributed by atoms with van der Waals surface area (Å²) in [5.74, 6) is 1.21. The van der Waals surface area contributed by atoms with Crippen molar-refractivity contribution in [2.45, 2.75) is 59.9 Å². The third kappa shape index (κ3) is 4.46. The van der Waals surface area contributed by atoms with Crippen LogP contribution >= 0.6 is 0 Å². The minimum absolute atomic E-state index is 0.422. The highest BCUT2D eigenvalue weighted by atomic mass is 15.3. The molecule has 0 N–H and O–H groups in total. The first kappa shape index (κ1) is 16.8. The van der Waals surface area contributed by atoms with E-state index in [1.54, 1.807) is 0 Å². The highest BCUT2D eigenvalue weighted by molar-refractivity contribution is 5.19. The van der Waals surface area contributed by atoms with Crippen molar-refractivity contribution in [3.63, 3.8) is 0 Å². The fraction of sp³-hybridized carbons (Fsp3) is 0.667. The Morgan fingerprint density at radius 2 is 1.73 bits per heavy atom. The molecule has 0 radical (unpaired) electrons. The van der Waals surface area contributed by atoms with Crippen LogP contribution in [0, 0.1) is 11.8 Å². The van der Waals surface area contributed by atoms with Crippen LogP contribution in [0.25, 0.3) is 0 Å². The molecule has 0 bridgehead atoms. The lowest BCUT2D eigenvalue weighted by molar-refractivity contribution is 0.518. The average Bonchev–Trinajstić information content (AvgIpc) is 2.96. The van der Waals surface area contributed by atoms with Gasteiger partial charge in [-0.05, 0) is 50.5 Å². The summed E-state index contributed by atoms with van der Waals surface area (Å²) in [4.78, 5) is 4.44. The Morgan fingerprint density at radius 3 is 2.27 bits per heavy atom. The summed E-state index contributed by atoms with van der Waals surface area (Å²) in [6, 6.07) is 0.422. The van der Waals surface area contributed by atoms with E-state index in [0.29, 0.717) is 17.9 Å². The molecule has 1 unspecified atom stereocenters. The zero-order valence-corrected chi connectivity index (χ0v) is 14.9. The third-order valence-electron chi connectivity index (χ3n) is 3.91. The monoisotopic (exact) mass is 302 g/mol. The van der Waals surface area contributed by atoms with E-state index < -0.39 is 0 Å². The SMILES string of the molecule is CC(C)Cc1nn(C(C)C)cc1CC(C)Cc1cn(C)cn1. The van der Waals surface area contributed by atoms with Crippen molar-refractivity contribution in [2.75, 3.05) is 0 Å². The molecule has 4 nitrogen and oxygen atoms in total. The number of imidazole rings is 1. The second-order valence-electron chi connectivity index (χ2n) is 7.32. The molecule has 2 rings (SSSR count). The highest BCUT2D eigenvalue weighted by Crippen LogP contribution is 2.20. The van der Waals surface area contributed by atoms with Crippen molar-refractivity contribution >= 4 is 0 Å². The number of aromatic nitrogens is 4. The molecule has 0 aliphatic heterocycles. The minimum atomic E-state index is 0.422. The number of hydrogen-bond donors (Lipinski definition) is 0. The second-order valence-corrected chi connectivity index (χ2v) is 7.32. The van der Waals surface area contributed by atoms with E-state index in [1.165, 1.54) is 17.0 Å². The summed E-state index contributed by atoms with van der Waals surface area (Å²) in [6.45, 7) is 11.2. The minimum Gasteiger partial charge on any atom is -0.340 e. The lowest BCUT2D eigenvalue weighted by atomic mass is 9.95. The van der Waals surface area contributed by atoms with Gasteiger partial charge in [-0.2, -0.15) is 5.10 Å². The third-order valence-corrected chi connectivity index (χ3v) is 3.91. The van der Waals surface area contributed by atoms with Crippen molar-refractivity contribution in [2.24, 2.45) is 18.9 Å². The van der Waals surface area contributed by atoms with E-state index in [-0.39, 0.29) is 0 Å². The predicted molar refractivity (Wildman–Crippen MR) is 90.9 cm³/mol. The maximum absolute atomic E-state index is 4.81. The van der Waals surface area contributed by atoms with Crippen molar-refractivity contribution in [3.05, 3.63) is 35.7 Å². The average molecular weight is 302 g/mol. The van der Waals surface area contributed by atoms with Gasteiger partial charge in [0.05, 0.1) is 17.7 Å². The number of hydrogen-bond acceptors (Lipinski definition) is 2. The zero-order valence-electron chi connectivity index (χ0n) is 14.9. The summed E-state index contributed by atoms with van der Waals surface area (Å²) in [5.41, 5.74) is 3.86. The van der Waals surface area contributed by atoms with Gasteiger partial charge >= 0.3 is 0 Å². The van der Waals surface area contributed by atoms with Gasteiger partial charge in [0.15, 0.2) is 0 Å². The molecule has 0 spiro atoms. The molecule has 0 fully saturated rings. The van der Waals surface area contributed by atoms with Crippen molar-refractivity contribution < 1.29 is 0 Å². The van der Waals surface area contributed by atoms with E-state index in [0.717, 1.165) is 19.3 Å². The largest absolute Gasteiger partial charge is 0.340 e. The van der Waals surface area contributed by atoms with Crippen LogP contribution in [0.4, 0.5) is 0 Å². The molecule has 2 heterocycles. The Labute approximate surface area is 134 Å². The number of nitrogens with zero attached hydrogens (tertiary/aromatic N) is 4. The fourth-order valence-electron chi connectivity index (χ4n) is 2.84. The van der Waals surface area contributed by atoms with Crippen LogP contribution in [0.1, 0.15) is 57.6 Å². The summed E-state index contributed by atoms with van der Waals surface area (Å²) in [6.07, 6.45) is 9.40. The van der Waals surface area contributed by atoms with Gasteiger partial charge in [-0.1, -0.05) is 20.8 Å². The Kier molecular flexibility index (Phi) is 5.43. The van der Waals surface area contributed by atoms with Crippen molar-refractivity contribution in [3.8, 4) is 0 Å². The van der Waals surface area contributed by atoms with Gasteiger partial charge in [0.1, 0.15) is 0 Å². The molecule has 122 valence electrons. The van der Waals surface area contributed by atoms with Gasteiger partial charge < -0.3 is 4.57 Å². The molecule has 0 aromatic carbocycles. The van der Waals surface area contributed by atoms with Gasteiger partial charge in [0.25, 0.3) is 0 Å². The summed E-state index contributed by atoms with van der Waals surface area (Å²) in [5, 5.41) is 4.81.